The molecule has 2 aliphatic carbocycles. The number of hydrogen-bond acceptors (Lipinski definition) is 2. The van der Waals surface area contributed by atoms with Gasteiger partial charge >= 0.3 is 0 Å². The van der Waals surface area contributed by atoms with Crippen molar-refractivity contribution in [1.29, 1.82) is 0 Å². The van der Waals surface area contributed by atoms with Crippen LogP contribution in [0.2, 0.25) is 0 Å². The molecule has 0 aromatic heterocycles. The molecule has 2 N–H and O–H groups in total. The van der Waals surface area contributed by atoms with Gasteiger partial charge < -0.3 is 10.4 Å². The first-order valence-electron chi connectivity index (χ1n) is 7.12. The van der Waals surface area contributed by atoms with Crippen molar-refractivity contribution < 1.29 is 9.90 Å². The number of carbonyl (C=O) groups excluding carboxylic acids is 1. The SMILES string of the molecule is CCC1(C(=O)NC2CCC(CO)CC2)CCC1. The van der Waals surface area contributed by atoms with Crippen molar-refractivity contribution in [2.75, 3.05) is 6.61 Å². The van der Waals surface area contributed by atoms with Crippen molar-refractivity contribution >= 4 is 5.91 Å². The van der Waals surface area contributed by atoms with Crippen LogP contribution in [0.4, 0.5) is 0 Å². The van der Waals surface area contributed by atoms with E-state index in [-0.39, 0.29) is 5.41 Å². The van der Waals surface area contributed by atoms with Crippen LogP contribution in [-0.4, -0.2) is 23.7 Å². The molecule has 98 valence electrons. The first-order chi connectivity index (χ1) is 8.20. The molecule has 2 aliphatic rings. The largest absolute Gasteiger partial charge is 0.396 e. The summed E-state index contributed by atoms with van der Waals surface area (Å²) < 4.78 is 0. The average molecular weight is 239 g/mol. The van der Waals surface area contributed by atoms with Crippen LogP contribution in [0.1, 0.15) is 58.3 Å². The lowest BCUT2D eigenvalue weighted by Gasteiger charge is -2.41. The second kappa shape index (κ2) is 5.38. The number of carbonyl (C=O) groups is 1. The van der Waals surface area contributed by atoms with Gasteiger partial charge in [0.05, 0.1) is 0 Å². The molecule has 3 nitrogen and oxygen atoms in total. The van der Waals surface area contributed by atoms with Gasteiger partial charge in [-0.25, -0.2) is 0 Å². The minimum Gasteiger partial charge on any atom is -0.396 e. The molecule has 1 amide bonds. The Morgan fingerprint density at radius 2 is 1.94 bits per heavy atom. The molecule has 0 aromatic carbocycles. The Labute approximate surface area is 104 Å². The Kier molecular flexibility index (Phi) is 4.08. The maximum absolute atomic E-state index is 12.2. The fourth-order valence-corrected chi connectivity index (χ4v) is 3.17. The Balaban J connectivity index is 1.79. The summed E-state index contributed by atoms with van der Waals surface area (Å²) in [6.07, 6.45) is 8.51. The maximum Gasteiger partial charge on any atom is 0.226 e. The smallest absolute Gasteiger partial charge is 0.226 e. The summed E-state index contributed by atoms with van der Waals surface area (Å²) in [5.41, 5.74) is -0.0339. The predicted octanol–water partition coefficient (Wildman–Crippen LogP) is 2.23. The number of aliphatic hydroxyl groups is 1. The third kappa shape index (κ3) is 2.65. The zero-order valence-electron chi connectivity index (χ0n) is 10.9. The fraction of sp³-hybridized carbons (Fsp3) is 0.929. The standard InChI is InChI=1S/C14H25NO2/c1-2-14(8-3-9-14)13(17)15-12-6-4-11(10-16)5-7-12/h11-12,16H,2-10H2,1H3,(H,15,17). The Hall–Kier alpha value is -0.570. The van der Waals surface area contributed by atoms with Crippen LogP contribution < -0.4 is 5.32 Å². The van der Waals surface area contributed by atoms with E-state index in [1.807, 2.05) is 0 Å². The van der Waals surface area contributed by atoms with Crippen molar-refractivity contribution in [3.05, 3.63) is 0 Å². The van der Waals surface area contributed by atoms with E-state index in [2.05, 4.69) is 12.2 Å². The van der Waals surface area contributed by atoms with Crippen LogP contribution in [0.5, 0.6) is 0 Å². The molecule has 2 fully saturated rings. The summed E-state index contributed by atoms with van der Waals surface area (Å²) in [4.78, 5) is 12.2. The first-order valence-corrected chi connectivity index (χ1v) is 7.12. The third-order valence-electron chi connectivity index (χ3n) is 4.91. The lowest BCUT2D eigenvalue weighted by molar-refractivity contribution is -0.137. The van der Waals surface area contributed by atoms with Crippen molar-refractivity contribution in [2.24, 2.45) is 11.3 Å². The molecule has 0 spiro atoms. The van der Waals surface area contributed by atoms with Gasteiger partial charge in [-0.1, -0.05) is 13.3 Å². The normalized spacial score (nSPS) is 31.6. The summed E-state index contributed by atoms with van der Waals surface area (Å²) in [5.74, 6) is 0.755. The van der Waals surface area contributed by atoms with Gasteiger partial charge in [0.1, 0.15) is 0 Å². The molecule has 0 saturated heterocycles. The van der Waals surface area contributed by atoms with Gasteiger partial charge in [-0.05, 0) is 50.9 Å². The lowest BCUT2D eigenvalue weighted by Crippen LogP contribution is -2.49. The van der Waals surface area contributed by atoms with Gasteiger partial charge in [0.25, 0.3) is 0 Å². The Bertz CT molecular complexity index is 260. The van der Waals surface area contributed by atoms with E-state index in [9.17, 15) is 4.79 Å². The van der Waals surface area contributed by atoms with Crippen LogP contribution >= 0.6 is 0 Å². The molecule has 0 aromatic rings. The molecule has 0 unspecified atom stereocenters. The van der Waals surface area contributed by atoms with Crippen LogP contribution in [0.25, 0.3) is 0 Å². The third-order valence-corrected chi connectivity index (χ3v) is 4.91. The summed E-state index contributed by atoms with van der Waals surface area (Å²) >= 11 is 0. The van der Waals surface area contributed by atoms with Crippen molar-refractivity contribution in [3.8, 4) is 0 Å². The lowest BCUT2D eigenvalue weighted by atomic mass is 9.66. The second-order valence-corrected chi connectivity index (χ2v) is 5.86. The van der Waals surface area contributed by atoms with E-state index in [4.69, 9.17) is 5.11 Å². The molecule has 0 bridgehead atoms. The zero-order chi connectivity index (χ0) is 12.3. The molecule has 0 heterocycles. The van der Waals surface area contributed by atoms with Gasteiger partial charge in [-0.15, -0.1) is 0 Å². The minimum atomic E-state index is -0.0339. The molecule has 2 rings (SSSR count). The van der Waals surface area contributed by atoms with Gasteiger partial charge in [-0.2, -0.15) is 0 Å². The number of nitrogens with one attached hydrogen (secondary N) is 1. The van der Waals surface area contributed by atoms with Crippen LogP contribution in [-0.2, 0) is 4.79 Å². The minimum absolute atomic E-state index is 0.0339. The molecule has 0 aliphatic heterocycles. The van der Waals surface area contributed by atoms with E-state index in [1.54, 1.807) is 0 Å². The monoisotopic (exact) mass is 239 g/mol. The van der Waals surface area contributed by atoms with Crippen LogP contribution in [0.15, 0.2) is 0 Å². The van der Waals surface area contributed by atoms with Crippen molar-refractivity contribution in [1.82, 2.24) is 5.32 Å². The maximum atomic E-state index is 12.2. The summed E-state index contributed by atoms with van der Waals surface area (Å²) in [5, 5.41) is 12.3. The van der Waals surface area contributed by atoms with E-state index < -0.39 is 0 Å². The average Bonchev–Trinajstić information content (AvgIpc) is 2.29. The number of aliphatic hydroxyl groups excluding tert-OH is 1. The first kappa shape index (κ1) is 12.9. The highest BCUT2D eigenvalue weighted by Gasteiger charge is 2.42. The molecule has 0 radical (unpaired) electrons. The quantitative estimate of drug-likeness (QED) is 0.790. The number of hydrogen-bond donors (Lipinski definition) is 2. The highest BCUT2D eigenvalue weighted by atomic mass is 16.3. The van der Waals surface area contributed by atoms with Crippen LogP contribution in [0, 0.1) is 11.3 Å². The van der Waals surface area contributed by atoms with E-state index in [0.717, 1.165) is 44.9 Å². The molecule has 17 heavy (non-hydrogen) atoms. The van der Waals surface area contributed by atoms with Gasteiger partial charge in [0.2, 0.25) is 5.91 Å². The summed E-state index contributed by atoms with van der Waals surface area (Å²) in [6, 6.07) is 0.356. The number of amides is 1. The molecular formula is C14H25NO2. The van der Waals surface area contributed by atoms with Gasteiger partial charge in [-0.3, -0.25) is 4.79 Å². The summed E-state index contributed by atoms with van der Waals surface area (Å²) in [7, 11) is 0. The van der Waals surface area contributed by atoms with E-state index >= 15 is 0 Å². The Morgan fingerprint density at radius 1 is 1.29 bits per heavy atom. The molecule has 0 atom stereocenters. The second-order valence-electron chi connectivity index (χ2n) is 5.86. The van der Waals surface area contributed by atoms with Crippen LogP contribution in [0.3, 0.4) is 0 Å². The van der Waals surface area contributed by atoms with Gasteiger partial charge in [0, 0.05) is 18.1 Å². The fourth-order valence-electron chi connectivity index (χ4n) is 3.17. The predicted molar refractivity (Wildman–Crippen MR) is 67.5 cm³/mol. The molecule has 2 saturated carbocycles. The van der Waals surface area contributed by atoms with Crippen molar-refractivity contribution in [2.45, 2.75) is 64.3 Å². The Morgan fingerprint density at radius 3 is 2.35 bits per heavy atom. The molecule has 3 heteroatoms. The van der Waals surface area contributed by atoms with Crippen molar-refractivity contribution in [3.63, 3.8) is 0 Å². The van der Waals surface area contributed by atoms with E-state index in [1.165, 1.54) is 6.42 Å². The molecular weight excluding hydrogens is 214 g/mol. The van der Waals surface area contributed by atoms with E-state index in [0.29, 0.717) is 24.5 Å². The highest BCUT2D eigenvalue weighted by molar-refractivity contribution is 5.83. The highest BCUT2D eigenvalue weighted by Crippen LogP contribution is 2.44. The zero-order valence-corrected chi connectivity index (χ0v) is 10.9. The summed E-state index contributed by atoms with van der Waals surface area (Å²) in [6.45, 7) is 2.43. The van der Waals surface area contributed by atoms with Gasteiger partial charge in [0.15, 0.2) is 0 Å². The number of rotatable bonds is 4. The topological polar surface area (TPSA) is 49.3 Å².